The molecule has 0 aromatic rings. The Morgan fingerprint density at radius 1 is 1.29 bits per heavy atom. The van der Waals surface area contributed by atoms with E-state index >= 15 is 0 Å². The number of carbonyl (C=O) groups is 1. The van der Waals surface area contributed by atoms with Gasteiger partial charge < -0.3 is 14.2 Å². The minimum atomic E-state index is -0.535. The number of hydrogen-bond acceptors (Lipinski definition) is 5. The molecule has 2 aliphatic carbocycles. The molecule has 0 radical (unpaired) electrons. The van der Waals surface area contributed by atoms with Crippen molar-refractivity contribution in [3.05, 3.63) is 0 Å². The molecule has 21 heavy (non-hydrogen) atoms. The van der Waals surface area contributed by atoms with Gasteiger partial charge in [0.25, 0.3) is 0 Å². The monoisotopic (exact) mass is 299 g/mol. The number of rotatable bonds is 9. The molecule has 3 atom stereocenters. The quantitative estimate of drug-likeness (QED) is 0.660. The molecule has 5 heteroatoms. The van der Waals surface area contributed by atoms with E-state index in [9.17, 15) is 4.79 Å². The molecule has 3 unspecified atom stereocenters. The topological polar surface area (TPSA) is 56.8 Å². The minimum Gasteiger partial charge on any atom is -0.465 e. The van der Waals surface area contributed by atoms with E-state index in [4.69, 9.17) is 14.2 Å². The van der Waals surface area contributed by atoms with Crippen molar-refractivity contribution >= 4 is 5.97 Å². The van der Waals surface area contributed by atoms with Crippen LogP contribution < -0.4 is 5.32 Å². The van der Waals surface area contributed by atoms with Gasteiger partial charge >= 0.3 is 5.97 Å². The molecule has 122 valence electrons. The summed E-state index contributed by atoms with van der Waals surface area (Å²) >= 11 is 0. The van der Waals surface area contributed by atoms with Gasteiger partial charge in [0.1, 0.15) is 5.54 Å². The smallest absolute Gasteiger partial charge is 0.326 e. The summed E-state index contributed by atoms with van der Waals surface area (Å²) in [7, 11) is 0. The van der Waals surface area contributed by atoms with E-state index in [-0.39, 0.29) is 18.2 Å². The van der Waals surface area contributed by atoms with E-state index in [1.165, 1.54) is 0 Å². The van der Waals surface area contributed by atoms with Gasteiger partial charge in [-0.3, -0.25) is 10.1 Å². The average Bonchev–Trinajstić information content (AvgIpc) is 3.17. The molecule has 0 aromatic heterocycles. The van der Waals surface area contributed by atoms with Crippen LogP contribution >= 0.6 is 0 Å². The molecule has 0 spiro atoms. The maximum Gasteiger partial charge on any atom is 0.326 e. The van der Waals surface area contributed by atoms with Gasteiger partial charge in [0.15, 0.2) is 0 Å². The number of esters is 1. The Balaban J connectivity index is 1.89. The van der Waals surface area contributed by atoms with Gasteiger partial charge in [0.2, 0.25) is 0 Å². The SMILES string of the molecule is CCOCC(C)OC1CCC(NC2CC2)(C(=O)OCC)C1. The van der Waals surface area contributed by atoms with Crippen LogP contribution in [0.25, 0.3) is 0 Å². The zero-order valence-electron chi connectivity index (χ0n) is 13.5. The highest BCUT2D eigenvalue weighted by atomic mass is 16.5. The van der Waals surface area contributed by atoms with Crippen molar-refractivity contribution in [3.8, 4) is 0 Å². The van der Waals surface area contributed by atoms with E-state index in [1.54, 1.807) is 0 Å². The lowest BCUT2D eigenvalue weighted by molar-refractivity contribution is -0.152. The van der Waals surface area contributed by atoms with Gasteiger partial charge in [-0.15, -0.1) is 0 Å². The zero-order chi connectivity index (χ0) is 15.3. The van der Waals surface area contributed by atoms with Crippen LogP contribution in [0.5, 0.6) is 0 Å². The fourth-order valence-electron chi connectivity index (χ4n) is 3.03. The van der Waals surface area contributed by atoms with Gasteiger partial charge in [-0.2, -0.15) is 0 Å². The summed E-state index contributed by atoms with van der Waals surface area (Å²) in [6, 6.07) is 0.481. The zero-order valence-corrected chi connectivity index (χ0v) is 13.5. The first-order valence-corrected chi connectivity index (χ1v) is 8.27. The van der Waals surface area contributed by atoms with Gasteiger partial charge in [-0.1, -0.05) is 0 Å². The van der Waals surface area contributed by atoms with Crippen molar-refractivity contribution in [1.82, 2.24) is 5.32 Å². The molecule has 1 N–H and O–H groups in total. The van der Waals surface area contributed by atoms with E-state index < -0.39 is 5.54 Å². The minimum absolute atomic E-state index is 0.0638. The summed E-state index contributed by atoms with van der Waals surface area (Å²) in [4.78, 5) is 12.4. The molecule has 2 aliphatic rings. The third-order valence-electron chi connectivity index (χ3n) is 4.17. The number of ether oxygens (including phenoxy) is 3. The summed E-state index contributed by atoms with van der Waals surface area (Å²) in [5.41, 5.74) is -0.535. The Bertz CT molecular complexity index is 345. The predicted octanol–water partition coefficient (Wildman–Crippen LogP) is 2.03. The van der Waals surface area contributed by atoms with E-state index in [1.807, 2.05) is 20.8 Å². The van der Waals surface area contributed by atoms with Crippen LogP contribution in [0.2, 0.25) is 0 Å². The highest BCUT2D eigenvalue weighted by Gasteiger charge is 2.49. The highest BCUT2D eigenvalue weighted by Crippen LogP contribution is 2.37. The molecule has 0 aromatic carbocycles. The van der Waals surface area contributed by atoms with Crippen LogP contribution in [0.4, 0.5) is 0 Å². The Morgan fingerprint density at radius 3 is 2.67 bits per heavy atom. The van der Waals surface area contributed by atoms with Crippen molar-refractivity contribution in [1.29, 1.82) is 0 Å². The lowest BCUT2D eigenvalue weighted by atomic mass is 9.97. The first-order valence-electron chi connectivity index (χ1n) is 8.27. The van der Waals surface area contributed by atoms with Crippen LogP contribution in [0.3, 0.4) is 0 Å². The summed E-state index contributed by atoms with van der Waals surface area (Å²) in [6.45, 7) is 7.60. The van der Waals surface area contributed by atoms with Crippen molar-refractivity contribution in [2.75, 3.05) is 19.8 Å². The van der Waals surface area contributed by atoms with E-state index in [0.717, 1.165) is 25.7 Å². The average molecular weight is 299 g/mol. The van der Waals surface area contributed by atoms with Crippen molar-refractivity contribution < 1.29 is 19.0 Å². The lowest BCUT2D eigenvalue weighted by Crippen LogP contribution is -2.52. The Hall–Kier alpha value is -0.650. The molecular weight excluding hydrogens is 270 g/mol. The molecule has 5 nitrogen and oxygen atoms in total. The lowest BCUT2D eigenvalue weighted by Gasteiger charge is -2.29. The number of nitrogens with one attached hydrogen (secondary N) is 1. The molecule has 0 amide bonds. The maximum absolute atomic E-state index is 12.4. The number of carbonyl (C=O) groups excluding carboxylic acids is 1. The second kappa shape index (κ2) is 7.56. The Morgan fingerprint density at radius 2 is 2.05 bits per heavy atom. The largest absolute Gasteiger partial charge is 0.465 e. The van der Waals surface area contributed by atoms with E-state index in [2.05, 4.69) is 5.32 Å². The van der Waals surface area contributed by atoms with Crippen LogP contribution in [0.1, 0.15) is 52.9 Å². The molecule has 0 heterocycles. The van der Waals surface area contributed by atoms with Gasteiger partial charge in [-0.05, 0) is 46.5 Å². The normalized spacial score (nSPS) is 30.3. The summed E-state index contributed by atoms with van der Waals surface area (Å²) in [5, 5.41) is 3.51. The Kier molecular flexibility index (Phi) is 6.02. The molecule has 2 saturated carbocycles. The third kappa shape index (κ3) is 4.66. The second-order valence-corrected chi connectivity index (χ2v) is 6.19. The fraction of sp³-hybridized carbons (Fsp3) is 0.938. The van der Waals surface area contributed by atoms with Crippen LogP contribution in [-0.4, -0.2) is 49.6 Å². The second-order valence-electron chi connectivity index (χ2n) is 6.19. The van der Waals surface area contributed by atoms with Crippen LogP contribution in [-0.2, 0) is 19.0 Å². The van der Waals surface area contributed by atoms with Crippen molar-refractivity contribution in [2.24, 2.45) is 0 Å². The van der Waals surface area contributed by atoms with Crippen LogP contribution in [0.15, 0.2) is 0 Å². The van der Waals surface area contributed by atoms with Crippen molar-refractivity contribution in [2.45, 2.75) is 76.7 Å². The molecule has 2 rings (SSSR count). The maximum atomic E-state index is 12.4. The summed E-state index contributed by atoms with van der Waals surface area (Å²) in [5.74, 6) is -0.111. The fourth-order valence-corrected chi connectivity index (χ4v) is 3.03. The first-order chi connectivity index (χ1) is 10.1. The number of hydrogen-bond donors (Lipinski definition) is 1. The molecule has 0 bridgehead atoms. The Labute approximate surface area is 127 Å². The molecule has 0 saturated heterocycles. The first kappa shape index (κ1) is 16.7. The van der Waals surface area contributed by atoms with Gasteiger partial charge in [-0.25, -0.2) is 0 Å². The summed E-state index contributed by atoms with van der Waals surface area (Å²) < 4.78 is 16.7. The highest BCUT2D eigenvalue weighted by molar-refractivity contribution is 5.81. The van der Waals surface area contributed by atoms with Gasteiger partial charge in [0, 0.05) is 19.1 Å². The molecule has 0 aliphatic heterocycles. The van der Waals surface area contributed by atoms with Gasteiger partial charge in [0.05, 0.1) is 25.4 Å². The molecular formula is C16H29NO4. The van der Waals surface area contributed by atoms with Crippen LogP contribution in [0, 0.1) is 0 Å². The standard InChI is InChI=1S/C16H29NO4/c1-4-19-11-12(3)21-14-8-9-16(10-14,15(18)20-5-2)17-13-6-7-13/h12-14,17H,4-11H2,1-3H3. The third-order valence-corrected chi connectivity index (χ3v) is 4.17. The van der Waals surface area contributed by atoms with Crippen molar-refractivity contribution in [3.63, 3.8) is 0 Å². The van der Waals surface area contributed by atoms with E-state index in [0.29, 0.717) is 32.3 Å². The predicted molar refractivity (Wildman–Crippen MR) is 80.2 cm³/mol. The molecule has 2 fully saturated rings. The summed E-state index contributed by atoms with van der Waals surface area (Å²) in [6.07, 6.45) is 4.90.